The Kier molecular flexibility index (Phi) is 1.98. The minimum atomic E-state index is -3.10. The van der Waals surface area contributed by atoms with Gasteiger partial charge in [-0.3, -0.25) is 0 Å². The van der Waals surface area contributed by atoms with Crippen LogP contribution in [0.4, 0.5) is 0 Å². The van der Waals surface area contributed by atoms with E-state index in [2.05, 4.69) is 4.72 Å². The normalized spacial score (nSPS) is 33.4. The smallest absolute Gasteiger partial charge is 0.214 e. The van der Waals surface area contributed by atoms with Crippen molar-refractivity contribution in [3.05, 3.63) is 0 Å². The Bertz CT molecular complexity index is 205. The molecule has 2 N–H and O–H groups in total. The zero-order valence-electron chi connectivity index (χ0n) is 5.74. The van der Waals surface area contributed by atoms with E-state index in [1.807, 2.05) is 0 Å². The van der Waals surface area contributed by atoms with Crippen molar-refractivity contribution in [2.24, 2.45) is 0 Å². The van der Waals surface area contributed by atoms with Crippen molar-refractivity contribution >= 4 is 10.0 Å². The molecule has 1 aliphatic carbocycles. The lowest BCUT2D eigenvalue weighted by Crippen LogP contribution is -2.44. The van der Waals surface area contributed by atoms with Gasteiger partial charge in [0.05, 0.1) is 11.4 Å². The van der Waals surface area contributed by atoms with E-state index in [4.69, 9.17) is 5.11 Å². The van der Waals surface area contributed by atoms with Crippen LogP contribution in [0, 0.1) is 0 Å². The van der Waals surface area contributed by atoms with Crippen LogP contribution in [0.15, 0.2) is 0 Å². The van der Waals surface area contributed by atoms with Gasteiger partial charge in [-0.25, -0.2) is 13.1 Å². The second kappa shape index (κ2) is 2.48. The predicted molar refractivity (Wildman–Crippen MR) is 37.0 cm³/mol. The van der Waals surface area contributed by atoms with E-state index in [0.717, 1.165) is 0 Å². The molecular formula is C5H11NO3S. The fraction of sp³-hybridized carbons (Fsp3) is 1.00. The monoisotopic (exact) mass is 165 g/mol. The minimum absolute atomic E-state index is 0.368. The molecule has 4 nitrogen and oxygen atoms in total. The average molecular weight is 165 g/mol. The molecule has 0 spiro atoms. The summed E-state index contributed by atoms with van der Waals surface area (Å²) in [5.74, 6) is 0. The van der Waals surface area contributed by atoms with E-state index in [0.29, 0.717) is 12.8 Å². The highest BCUT2D eigenvalue weighted by Gasteiger charge is 2.36. The van der Waals surface area contributed by atoms with E-state index in [9.17, 15) is 8.42 Å². The zero-order chi connectivity index (χ0) is 7.78. The SMILES string of the molecule is CNS(=O)(=O)C1CC(O)C1. The maximum atomic E-state index is 10.9. The molecule has 1 aliphatic rings. The van der Waals surface area contributed by atoms with Gasteiger partial charge in [-0.15, -0.1) is 0 Å². The fourth-order valence-corrected chi connectivity index (χ4v) is 2.24. The van der Waals surface area contributed by atoms with Crippen LogP contribution < -0.4 is 4.72 Å². The number of rotatable bonds is 2. The second-order valence-corrected chi connectivity index (χ2v) is 4.66. The Morgan fingerprint density at radius 3 is 2.30 bits per heavy atom. The van der Waals surface area contributed by atoms with Crippen molar-refractivity contribution in [3.8, 4) is 0 Å². The van der Waals surface area contributed by atoms with Crippen LogP contribution >= 0.6 is 0 Å². The van der Waals surface area contributed by atoms with Crippen LogP contribution in [0.2, 0.25) is 0 Å². The van der Waals surface area contributed by atoms with Crippen molar-refractivity contribution in [1.82, 2.24) is 4.72 Å². The van der Waals surface area contributed by atoms with E-state index < -0.39 is 16.1 Å². The Labute approximate surface area is 60.3 Å². The Hall–Kier alpha value is -0.130. The zero-order valence-corrected chi connectivity index (χ0v) is 6.56. The predicted octanol–water partition coefficient (Wildman–Crippen LogP) is -0.941. The van der Waals surface area contributed by atoms with Gasteiger partial charge < -0.3 is 5.11 Å². The lowest BCUT2D eigenvalue weighted by atomic mass is 9.96. The summed E-state index contributed by atoms with van der Waals surface area (Å²) in [6, 6.07) is 0. The van der Waals surface area contributed by atoms with E-state index in [1.54, 1.807) is 0 Å². The Balaban J connectivity index is 2.53. The van der Waals surface area contributed by atoms with Crippen molar-refractivity contribution in [2.45, 2.75) is 24.2 Å². The largest absolute Gasteiger partial charge is 0.393 e. The van der Waals surface area contributed by atoms with Gasteiger partial charge in [-0.2, -0.15) is 0 Å². The van der Waals surface area contributed by atoms with Crippen LogP contribution in [0.3, 0.4) is 0 Å². The summed E-state index contributed by atoms with van der Waals surface area (Å²) >= 11 is 0. The molecule has 1 fully saturated rings. The third-order valence-corrected chi connectivity index (χ3v) is 3.62. The standard InChI is InChI=1S/C5H11NO3S/c1-6-10(8,9)5-2-4(7)3-5/h4-7H,2-3H2,1H3. The van der Waals surface area contributed by atoms with Crippen LogP contribution in [0.5, 0.6) is 0 Å². The first kappa shape index (κ1) is 7.97. The molecule has 0 unspecified atom stereocenters. The molecule has 0 aliphatic heterocycles. The highest BCUT2D eigenvalue weighted by Crippen LogP contribution is 2.25. The molecule has 1 saturated carbocycles. The molecule has 0 aromatic heterocycles. The number of sulfonamides is 1. The Morgan fingerprint density at radius 2 is 2.00 bits per heavy atom. The summed E-state index contributed by atoms with van der Waals surface area (Å²) in [6.45, 7) is 0. The molecule has 0 aromatic carbocycles. The van der Waals surface area contributed by atoms with Crippen molar-refractivity contribution in [1.29, 1.82) is 0 Å². The van der Waals surface area contributed by atoms with Gasteiger partial charge >= 0.3 is 0 Å². The van der Waals surface area contributed by atoms with E-state index in [-0.39, 0.29) is 5.25 Å². The number of hydrogen-bond acceptors (Lipinski definition) is 3. The van der Waals surface area contributed by atoms with Crippen LogP contribution in [0.1, 0.15) is 12.8 Å². The van der Waals surface area contributed by atoms with Crippen LogP contribution in [-0.4, -0.2) is 31.9 Å². The van der Waals surface area contributed by atoms with Crippen molar-refractivity contribution in [3.63, 3.8) is 0 Å². The number of nitrogens with one attached hydrogen (secondary N) is 1. The molecular weight excluding hydrogens is 154 g/mol. The number of aliphatic hydroxyl groups excluding tert-OH is 1. The van der Waals surface area contributed by atoms with Gasteiger partial charge in [0.25, 0.3) is 0 Å². The van der Waals surface area contributed by atoms with Crippen molar-refractivity contribution in [2.75, 3.05) is 7.05 Å². The van der Waals surface area contributed by atoms with Crippen LogP contribution in [-0.2, 0) is 10.0 Å². The molecule has 10 heavy (non-hydrogen) atoms. The molecule has 5 heteroatoms. The first-order chi connectivity index (χ1) is 4.56. The summed E-state index contributed by atoms with van der Waals surface area (Å²) in [5, 5.41) is 8.42. The lowest BCUT2D eigenvalue weighted by molar-refractivity contribution is 0.0974. The minimum Gasteiger partial charge on any atom is -0.393 e. The summed E-state index contributed by atoms with van der Waals surface area (Å²) in [5.41, 5.74) is 0. The summed E-state index contributed by atoms with van der Waals surface area (Å²) in [4.78, 5) is 0. The number of aliphatic hydroxyl groups is 1. The molecule has 0 atom stereocenters. The fourth-order valence-electron chi connectivity index (χ4n) is 0.958. The first-order valence-corrected chi connectivity index (χ1v) is 4.71. The third-order valence-electron chi connectivity index (χ3n) is 1.79. The molecule has 1 rings (SSSR count). The van der Waals surface area contributed by atoms with Gasteiger partial charge in [-0.05, 0) is 19.9 Å². The highest BCUT2D eigenvalue weighted by atomic mass is 32.2. The van der Waals surface area contributed by atoms with E-state index in [1.165, 1.54) is 7.05 Å². The highest BCUT2D eigenvalue weighted by molar-refractivity contribution is 7.90. The van der Waals surface area contributed by atoms with Gasteiger partial charge in [0.15, 0.2) is 0 Å². The average Bonchev–Trinajstić information content (AvgIpc) is 1.81. The second-order valence-electron chi connectivity index (χ2n) is 2.50. The summed E-state index contributed by atoms with van der Waals surface area (Å²) in [6.07, 6.45) is 0.347. The summed E-state index contributed by atoms with van der Waals surface area (Å²) in [7, 11) is -1.72. The van der Waals surface area contributed by atoms with Gasteiger partial charge in [0.1, 0.15) is 0 Å². The van der Waals surface area contributed by atoms with Crippen LogP contribution in [0.25, 0.3) is 0 Å². The summed E-state index contributed by atoms with van der Waals surface area (Å²) < 4.78 is 24.0. The quantitative estimate of drug-likeness (QED) is 0.555. The topological polar surface area (TPSA) is 66.4 Å². The molecule has 0 aromatic rings. The number of hydrogen-bond donors (Lipinski definition) is 2. The molecule has 0 bridgehead atoms. The molecule has 60 valence electrons. The van der Waals surface area contributed by atoms with Crippen molar-refractivity contribution < 1.29 is 13.5 Å². The lowest BCUT2D eigenvalue weighted by Gasteiger charge is -2.30. The van der Waals surface area contributed by atoms with Gasteiger partial charge in [0, 0.05) is 0 Å². The van der Waals surface area contributed by atoms with Gasteiger partial charge in [0.2, 0.25) is 10.0 Å². The van der Waals surface area contributed by atoms with Gasteiger partial charge in [-0.1, -0.05) is 0 Å². The molecule has 0 amide bonds. The maximum absolute atomic E-state index is 10.9. The Morgan fingerprint density at radius 1 is 1.50 bits per heavy atom. The first-order valence-electron chi connectivity index (χ1n) is 3.16. The molecule has 0 radical (unpaired) electrons. The molecule has 0 saturated heterocycles. The third kappa shape index (κ3) is 1.31. The molecule has 0 heterocycles. The maximum Gasteiger partial charge on any atom is 0.214 e. The van der Waals surface area contributed by atoms with E-state index >= 15 is 0 Å².